The van der Waals surface area contributed by atoms with Crippen LogP contribution in [0.4, 0.5) is 4.39 Å². The number of imidazole rings is 1. The first-order valence-electron chi connectivity index (χ1n) is 10.8. The van der Waals surface area contributed by atoms with Crippen molar-refractivity contribution in [2.45, 2.75) is 6.92 Å². The molecule has 0 unspecified atom stereocenters. The first kappa shape index (κ1) is 24.9. The highest BCUT2D eigenvalue weighted by molar-refractivity contribution is 9.10. The third-order valence-electron chi connectivity index (χ3n) is 5.09. The standard InChI is InChI=1S/C21H15FN4O2.C6H6BrN/c1-28-18-8-3-7-16(22)19(18)14-5-2-6-15(11-14)26-12-17(25-13-26)20(27)21-23-9-4-10-24-21;1-5-2-3-8-6(7)4-5/h2-13H,1H3;2-4H,1H3. The van der Waals surface area contributed by atoms with E-state index >= 15 is 0 Å². The maximum absolute atomic E-state index is 14.4. The van der Waals surface area contributed by atoms with Crippen LogP contribution in [0.1, 0.15) is 21.9 Å². The Labute approximate surface area is 215 Å². The van der Waals surface area contributed by atoms with Crippen LogP contribution in [0, 0.1) is 12.7 Å². The number of rotatable bonds is 5. The van der Waals surface area contributed by atoms with Gasteiger partial charge in [0.15, 0.2) is 0 Å². The number of benzene rings is 2. The Hall–Kier alpha value is -4.24. The van der Waals surface area contributed by atoms with E-state index in [2.05, 4.69) is 35.9 Å². The molecule has 5 aromatic rings. The predicted octanol–water partition coefficient (Wildman–Crippen LogP) is 5.86. The van der Waals surface area contributed by atoms with E-state index in [-0.39, 0.29) is 23.1 Å². The SMILES string of the molecule is COc1cccc(F)c1-c1cccc(-n2cnc(C(=O)c3ncccn3)c2)c1.Cc1ccnc(Br)c1. The molecule has 0 aliphatic rings. The average Bonchev–Trinajstić information content (AvgIpc) is 3.39. The van der Waals surface area contributed by atoms with Crippen LogP contribution in [0.15, 0.2) is 96.4 Å². The fourth-order valence-corrected chi connectivity index (χ4v) is 3.87. The molecule has 0 N–H and O–H groups in total. The van der Waals surface area contributed by atoms with Gasteiger partial charge in [0.1, 0.15) is 28.2 Å². The van der Waals surface area contributed by atoms with Crippen LogP contribution in [0.3, 0.4) is 0 Å². The Bertz CT molecular complexity index is 1470. The summed E-state index contributed by atoms with van der Waals surface area (Å²) in [6, 6.07) is 17.5. The van der Waals surface area contributed by atoms with Crippen molar-refractivity contribution in [2.75, 3.05) is 7.11 Å². The average molecular weight is 546 g/mol. The zero-order valence-corrected chi connectivity index (χ0v) is 21.1. The molecular formula is C27H21BrFN5O2. The van der Waals surface area contributed by atoms with E-state index in [4.69, 9.17) is 4.74 Å². The first-order chi connectivity index (χ1) is 17.5. The molecule has 0 fully saturated rings. The Balaban J connectivity index is 0.000000325. The summed E-state index contributed by atoms with van der Waals surface area (Å²) in [6.07, 6.45) is 7.90. The summed E-state index contributed by atoms with van der Waals surface area (Å²) in [5.74, 6) is -0.219. The monoisotopic (exact) mass is 545 g/mol. The van der Waals surface area contributed by atoms with Crippen molar-refractivity contribution in [3.05, 3.63) is 119 Å². The topological polar surface area (TPSA) is 82.8 Å². The van der Waals surface area contributed by atoms with Crippen molar-refractivity contribution in [1.29, 1.82) is 0 Å². The highest BCUT2D eigenvalue weighted by atomic mass is 79.9. The minimum Gasteiger partial charge on any atom is -0.496 e. The summed E-state index contributed by atoms with van der Waals surface area (Å²) in [5.41, 5.74) is 3.21. The number of aromatic nitrogens is 5. The van der Waals surface area contributed by atoms with Crippen LogP contribution in [-0.4, -0.2) is 37.4 Å². The fraction of sp³-hybridized carbons (Fsp3) is 0.0741. The van der Waals surface area contributed by atoms with Gasteiger partial charge in [0.05, 0.1) is 12.7 Å². The number of halogens is 2. The summed E-state index contributed by atoms with van der Waals surface area (Å²) >= 11 is 3.25. The maximum Gasteiger partial charge on any atom is 0.250 e. The van der Waals surface area contributed by atoms with Gasteiger partial charge in [-0.1, -0.05) is 18.2 Å². The van der Waals surface area contributed by atoms with Crippen molar-refractivity contribution in [3.63, 3.8) is 0 Å². The summed E-state index contributed by atoms with van der Waals surface area (Å²) in [5, 5.41) is 0. The number of methoxy groups -OCH3 is 1. The number of hydrogen-bond donors (Lipinski definition) is 0. The number of carbonyl (C=O) groups is 1. The highest BCUT2D eigenvalue weighted by Crippen LogP contribution is 2.33. The largest absolute Gasteiger partial charge is 0.496 e. The van der Waals surface area contributed by atoms with Gasteiger partial charge >= 0.3 is 0 Å². The zero-order chi connectivity index (χ0) is 25.5. The van der Waals surface area contributed by atoms with Crippen LogP contribution >= 0.6 is 15.9 Å². The second-order valence-corrected chi connectivity index (χ2v) is 8.40. The number of ketones is 1. The lowest BCUT2D eigenvalue weighted by Crippen LogP contribution is -2.06. The van der Waals surface area contributed by atoms with Gasteiger partial charge < -0.3 is 9.30 Å². The Morgan fingerprint density at radius 3 is 2.42 bits per heavy atom. The number of ether oxygens (including phenoxy) is 1. The lowest BCUT2D eigenvalue weighted by atomic mass is 10.0. The van der Waals surface area contributed by atoms with E-state index in [1.165, 1.54) is 37.5 Å². The van der Waals surface area contributed by atoms with E-state index in [9.17, 15) is 9.18 Å². The molecule has 0 radical (unpaired) electrons. The van der Waals surface area contributed by atoms with Gasteiger partial charge in [-0.3, -0.25) is 4.79 Å². The summed E-state index contributed by atoms with van der Waals surface area (Å²) in [6.45, 7) is 2.03. The molecule has 0 spiro atoms. The summed E-state index contributed by atoms with van der Waals surface area (Å²) in [7, 11) is 1.50. The molecule has 3 heterocycles. The van der Waals surface area contributed by atoms with Gasteiger partial charge in [-0.15, -0.1) is 0 Å². The molecule has 5 rings (SSSR count). The predicted molar refractivity (Wildman–Crippen MR) is 138 cm³/mol. The van der Waals surface area contributed by atoms with Gasteiger partial charge in [0.25, 0.3) is 0 Å². The van der Waals surface area contributed by atoms with E-state index in [1.807, 2.05) is 25.1 Å². The Morgan fingerprint density at radius 2 is 1.72 bits per heavy atom. The van der Waals surface area contributed by atoms with Gasteiger partial charge in [-0.2, -0.15) is 0 Å². The molecule has 0 saturated heterocycles. The normalized spacial score (nSPS) is 10.3. The number of pyridine rings is 1. The molecule has 36 heavy (non-hydrogen) atoms. The highest BCUT2D eigenvalue weighted by Gasteiger charge is 2.16. The van der Waals surface area contributed by atoms with E-state index in [1.54, 1.807) is 53.4 Å². The second kappa shape index (κ2) is 11.5. The van der Waals surface area contributed by atoms with Crippen LogP contribution in [0.2, 0.25) is 0 Å². The van der Waals surface area contributed by atoms with Crippen molar-refractivity contribution in [2.24, 2.45) is 0 Å². The molecule has 0 amide bonds. The number of hydrogen-bond acceptors (Lipinski definition) is 6. The first-order valence-corrected chi connectivity index (χ1v) is 11.6. The fourth-order valence-electron chi connectivity index (χ4n) is 3.39. The van der Waals surface area contributed by atoms with Gasteiger partial charge in [0.2, 0.25) is 11.6 Å². The van der Waals surface area contributed by atoms with Crippen molar-refractivity contribution < 1.29 is 13.9 Å². The van der Waals surface area contributed by atoms with Crippen LogP contribution in [0.25, 0.3) is 16.8 Å². The van der Waals surface area contributed by atoms with Crippen LogP contribution in [0.5, 0.6) is 5.75 Å². The lowest BCUT2D eigenvalue weighted by Gasteiger charge is -2.11. The molecule has 3 aromatic heterocycles. The quantitative estimate of drug-likeness (QED) is 0.203. The van der Waals surface area contributed by atoms with Crippen molar-refractivity contribution in [1.82, 2.24) is 24.5 Å². The lowest BCUT2D eigenvalue weighted by molar-refractivity contribution is 0.102. The molecule has 0 aliphatic heterocycles. The molecule has 0 atom stereocenters. The summed E-state index contributed by atoms with van der Waals surface area (Å²) < 4.78 is 22.3. The van der Waals surface area contributed by atoms with Crippen molar-refractivity contribution >= 4 is 21.7 Å². The molecule has 0 saturated carbocycles. The third-order valence-corrected chi connectivity index (χ3v) is 5.53. The molecular weight excluding hydrogens is 525 g/mol. The van der Waals surface area contributed by atoms with E-state index in [0.29, 0.717) is 16.9 Å². The minimum atomic E-state index is -0.376. The van der Waals surface area contributed by atoms with E-state index < -0.39 is 0 Å². The van der Waals surface area contributed by atoms with Gasteiger partial charge in [-0.05, 0) is 76.4 Å². The Morgan fingerprint density at radius 1 is 0.944 bits per heavy atom. The summed E-state index contributed by atoms with van der Waals surface area (Å²) in [4.78, 5) is 28.5. The molecule has 0 bridgehead atoms. The third kappa shape index (κ3) is 5.87. The molecule has 9 heteroatoms. The van der Waals surface area contributed by atoms with E-state index in [0.717, 1.165) is 10.3 Å². The zero-order valence-electron chi connectivity index (χ0n) is 19.5. The Kier molecular flexibility index (Phi) is 7.92. The van der Waals surface area contributed by atoms with Gasteiger partial charge in [-0.25, -0.2) is 24.3 Å². The number of carbonyl (C=O) groups excluding carboxylic acids is 1. The molecule has 0 aliphatic carbocycles. The molecule has 7 nitrogen and oxygen atoms in total. The maximum atomic E-state index is 14.4. The minimum absolute atomic E-state index is 0.0811. The number of aryl methyl sites for hydroxylation is 1. The van der Waals surface area contributed by atoms with Crippen LogP contribution in [-0.2, 0) is 0 Å². The van der Waals surface area contributed by atoms with Crippen molar-refractivity contribution in [3.8, 4) is 22.6 Å². The van der Waals surface area contributed by atoms with Crippen LogP contribution < -0.4 is 4.74 Å². The molecule has 180 valence electrons. The van der Waals surface area contributed by atoms with Gasteiger partial charge in [0, 0.05) is 30.5 Å². The molecule has 2 aromatic carbocycles. The number of nitrogens with zero attached hydrogens (tertiary/aromatic N) is 5. The second-order valence-electron chi connectivity index (χ2n) is 7.59. The smallest absolute Gasteiger partial charge is 0.250 e.